The zero-order valence-electron chi connectivity index (χ0n) is 10.8. The van der Waals surface area contributed by atoms with Crippen LogP contribution in [0.3, 0.4) is 0 Å². The lowest BCUT2D eigenvalue weighted by Gasteiger charge is -2.25. The van der Waals surface area contributed by atoms with Crippen LogP contribution in [0.1, 0.15) is 24.2 Å². The molecule has 5 nitrogen and oxygen atoms in total. The van der Waals surface area contributed by atoms with Crippen molar-refractivity contribution in [3.63, 3.8) is 0 Å². The normalized spacial score (nSPS) is 11.7. The number of aromatic amines is 1. The number of aromatic nitrogens is 2. The number of benzene rings is 1. The molecule has 96 valence electrons. The predicted molar refractivity (Wildman–Crippen MR) is 69.5 cm³/mol. The lowest BCUT2D eigenvalue weighted by Crippen LogP contribution is -2.46. The monoisotopic (exact) mass is 247 g/mol. The van der Waals surface area contributed by atoms with Crippen LogP contribution in [0.4, 0.5) is 0 Å². The standard InChI is InChI=1S/C13H17N3O2/c1-13(2,8-18-3)15-12(17)9-4-5-10-7-14-16-11(10)6-9/h4-7H,8H2,1-3H3,(H,14,16)(H,15,17). The van der Waals surface area contributed by atoms with Crippen molar-refractivity contribution in [2.75, 3.05) is 13.7 Å². The van der Waals surface area contributed by atoms with Gasteiger partial charge in [-0.15, -0.1) is 0 Å². The van der Waals surface area contributed by atoms with Crippen LogP contribution in [-0.2, 0) is 4.74 Å². The molecule has 0 fully saturated rings. The Morgan fingerprint density at radius 2 is 2.28 bits per heavy atom. The molecule has 1 aromatic heterocycles. The number of nitrogens with one attached hydrogen (secondary N) is 2. The Kier molecular flexibility index (Phi) is 3.34. The number of hydrogen-bond acceptors (Lipinski definition) is 3. The molecule has 0 saturated heterocycles. The summed E-state index contributed by atoms with van der Waals surface area (Å²) in [6.07, 6.45) is 1.73. The summed E-state index contributed by atoms with van der Waals surface area (Å²) in [5, 5.41) is 10.7. The summed E-state index contributed by atoms with van der Waals surface area (Å²) in [6, 6.07) is 5.45. The van der Waals surface area contributed by atoms with E-state index in [1.807, 2.05) is 19.9 Å². The van der Waals surface area contributed by atoms with E-state index in [0.717, 1.165) is 10.9 Å². The highest BCUT2D eigenvalue weighted by Gasteiger charge is 2.21. The fourth-order valence-corrected chi connectivity index (χ4v) is 1.85. The molecule has 1 amide bonds. The second-order valence-corrected chi connectivity index (χ2v) is 4.94. The number of hydrogen-bond donors (Lipinski definition) is 2. The number of fused-ring (bicyclic) bond motifs is 1. The van der Waals surface area contributed by atoms with Gasteiger partial charge in [0.2, 0.25) is 0 Å². The minimum Gasteiger partial charge on any atom is -0.382 e. The quantitative estimate of drug-likeness (QED) is 0.864. The number of methoxy groups -OCH3 is 1. The van der Waals surface area contributed by atoms with Crippen molar-refractivity contribution in [3.8, 4) is 0 Å². The number of rotatable bonds is 4. The summed E-state index contributed by atoms with van der Waals surface area (Å²) in [6.45, 7) is 4.30. The fourth-order valence-electron chi connectivity index (χ4n) is 1.85. The largest absolute Gasteiger partial charge is 0.382 e. The van der Waals surface area contributed by atoms with Crippen molar-refractivity contribution >= 4 is 16.8 Å². The van der Waals surface area contributed by atoms with Crippen LogP contribution in [0.15, 0.2) is 24.4 Å². The van der Waals surface area contributed by atoms with E-state index in [1.165, 1.54) is 0 Å². The van der Waals surface area contributed by atoms with E-state index >= 15 is 0 Å². The molecule has 0 saturated carbocycles. The third kappa shape index (κ3) is 2.68. The predicted octanol–water partition coefficient (Wildman–Crippen LogP) is 1.72. The Morgan fingerprint density at radius 3 is 3.00 bits per heavy atom. The maximum absolute atomic E-state index is 12.1. The van der Waals surface area contributed by atoms with Gasteiger partial charge >= 0.3 is 0 Å². The van der Waals surface area contributed by atoms with E-state index in [-0.39, 0.29) is 5.91 Å². The minimum absolute atomic E-state index is 0.117. The molecule has 0 radical (unpaired) electrons. The summed E-state index contributed by atoms with van der Waals surface area (Å²) >= 11 is 0. The highest BCUT2D eigenvalue weighted by atomic mass is 16.5. The van der Waals surface area contributed by atoms with Crippen LogP contribution in [0.5, 0.6) is 0 Å². The van der Waals surface area contributed by atoms with Gasteiger partial charge in [0.25, 0.3) is 5.91 Å². The molecule has 5 heteroatoms. The summed E-state index contributed by atoms with van der Waals surface area (Å²) in [5.74, 6) is -0.117. The van der Waals surface area contributed by atoms with E-state index < -0.39 is 5.54 Å². The molecule has 2 aromatic rings. The summed E-state index contributed by atoms with van der Waals surface area (Å²) in [5.41, 5.74) is 1.07. The molecule has 0 unspecified atom stereocenters. The molecular formula is C13H17N3O2. The molecule has 0 aliphatic rings. The SMILES string of the molecule is COCC(C)(C)NC(=O)c1ccc2cn[nH]c2c1. The van der Waals surface area contributed by atoms with Gasteiger partial charge in [-0.1, -0.05) is 6.07 Å². The van der Waals surface area contributed by atoms with Gasteiger partial charge in [-0.25, -0.2) is 0 Å². The maximum Gasteiger partial charge on any atom is 0.251 e. The number of H-pyrrole nitrogens is 1. The maximum atomic E-state index is 12.1. The number of amides is 1. The van der Waals surface area contributed by atoms with Crippen LogP contribution in [0, 0.1) is 0 Å². The van der Waals surface area contributed by atoms with Crippen molar-refractivity contribution < 1.29 is 9.53 Å². The molecule has 18 heavy (non-hydrogen) atoms. The first-order valence-corrected chi connectivity index (χ1v) is 5.76. The minimum atomic E-state index is -0.394. The second-order valence-electron chi connectivity index (χ2n) is 4.94. The molecule has 0 spiro atoms. The molecule has 0 aliphatic heterocycles. The number of carbonyl (C=O) groups excluding carboxylic acids is 1. The number of carbonyl (C=O) groups is 1. The number of nitrogens with zero attached hydrogens (tertiary/aromatic N) is 1. The van der Waals surface area contributed by atoms with Crippen molar-refractivity contribution in [3.05, 3.63) is 30.0 Å². The fraction of sp³-hybridized carbons (Fsp3) is 0.385. The van der Waals surface area contributed by atoms with E-state index in [2.05, 4.69) is 15.5 Å². The Hall–Kier alpha value is -1.88. The highest BCUT2D eigenvalue weighted by molar-refractivity contribution is 5.98. The second kappa shape index (κ2) is 4.78. The molecule has 0 aliphatic carbocycles. The Labute approximate surface area is 106 Å². The van der Waals surface area contributed by atoms with E-state index in [9.17, 15) is 4.79 Å². The van der Waals surface area contributed by atoms with Gasteiger partial charge in [0.15, 0.2) is 0 Å². The third-order valence-corrected chi connectivity index (χ3v) is 2.66. The highest BCUT2D eigenvalue weighted by Crippen LogP contribution is 2.13. The first kappa shape index (κ1) is 12.6. The molecular weight excluding hydrogens is 230 g/mol. The van der Waals surface area contributed by atoms with Crippen molar-refractivity contribution in [1.29, 1.82) is 0 Å². The van der Waals surface area contributed by atoms with Crippen LogP contribution >= 0.6 is 0 Å². The molecule has 2 N–H and O–H groups in total. The van der Waals surface area contributed by atoms with Crippen molar-refractivity contribution in [2.24, 2.45) is 0 Å². The Morgan fingerprint density at radius 1 is 1.50 bits per heavy atom. The smallest absolute Gasteiger partial charge is 0.251 e. The molecule has 1 heterocycles. The molecule has 0 atom stereocenters. The Balaban J connectivity index is 2.17. The van der Waals surface area contributed by atoms with Gasteiger partial charge in [0.1, 0.15) is 0 Å². The topological polar surface area (TPSA) is 67.0 Å². The van der Waals surface area contributed by atoms with Crippen molar-refractivity contribution in [1.82, 2.24) is 15.5 Å². The van der Waals surface area contributed by atoms with Gasteiger partial charge in [-0.3, -0.25) is 9.89 Å². The van der Waals surface area contributed by atoms with Gasteiger partial charge in [0, 0.05) is 18.1 Å². The zero-order chi connectivity index (χ0) is 13.2. The van der Waals surface area contributed by atoms with Crippen molar-refractivity contribution in [2.45, 2.75) is 19.4 Å². The third-order valence-electron chi connectivity index (χ3n) is 2.66. The molecule has 0 bridgehead atoms. The van der Waals surface area contributed by atoms with Gasteiger partial charge in [-0.2, -0.15) is 5.10 Å². The summed E-state index contributed by atoms with van der Waals surface area (Å²) in [7, 11) is 1.62. The van der Waals surface area contributed by atoms with Gasteiger partial charge in [0.05, 0.1) is 23.9 Å². The lowest BCUT2D eigenvalue weighted by molar-refractivity contribution is 0.0820. The Bertz CT molecular complexity index is 560. The van der Waals surface area contributed by atoms with Crippen LogP contribution in [-0.4, -0.2) is 35.4 Å². The number of ether oxygens (including phenoxy) is 1. The average Bonchev–Trinajstić information content (AvgIpc) is 2.74. The van der Waals surface area contributed by atoms with Crippen LogP contribution in [0.25, 0.3) is 10.9 Å². The zero-order valence-corrected chi connectivity index (χ0v) is 10.8. The van der Waals surface area contributed by atoms with E-state index in [1.54, 1.807) is 25.4 Å². The van der Waals surface area contributed by atoms with Crippen LogP contribution < -0.4 is 5.32 Å². The average molecular weight is 247 g/mol. The molecule has 1 aromatic carbocycles. The van der Waals surface area contributed by atoms with Gasteiger partial charge in [-0.05, 0) is 26.0 Å². The summed E-state index contributed by atoms with van der Waals surface area (Å²) < 4.78 is 5.07. The first-order valence-electron chi connectivity index (χ1n) is 5.76. The lowest BCUT2D eigenvalue weighted by atomic mass is 10.1. The van der Waals surface area contributed by atoms with Crippen LogP contribution in [0.2, 0.25) is 0 Å². The van der Waals surface area contributed by atoms with Gasteiger partial charge < -0.3 is 10.1 Å². The summed E-state index contributed by atoms with van der Waals surface area (Å²) in [4.78, 5) is 12.1. The van der Waals surface area contributed by atoms with E-state index in [4.69, 9.17) is 4.74 Å². The van der Waals surface area contributed by atoms with E-state index in [0.29, 0.717) is 12.2 Å². The molecule has 2 rings (SSSR count). The first-order chi connectivity index (χ1) is 8.52.